The van der Waals surface area contributed by atoms with E-state index in [4.69, 9.17) is 5.73 Å². The Hall–Kier alpha value is -2.50. The van der Waals surface area contributed by atoms with Crippen molar-refractivity contribution < 1.29 is 22.8 Å². The molecule has 2 aliphatic heterocycles. The number of carbonyl (C=O) groups excluding carboxylic acids is 3. The Balaban J connectivity index is 1.54. The lowest BCUT2D eigenvalue weighted by atomic mass is 9.84. The first-order valence-corrected chi connectivity index (χ1v) is 14.9. The predicted octanol–water partition coefficient (Wildman–Crippen LogP) is 0.828. The number of primary amides is 1. The second-order valence-electron chi connectivity index (χ2n) is 10.5. The van der Waals surface area contributed by atoms with Crippen LogP contribution in [0, 0.1) is 11.8 Å². The third-order valence-electron chi connectivity index (χ3n) is 7.95. The van der Waals surface area contributed by atoms with Crippen LogP contribution in [0.15, 0.2) is 35.2 Å². The third-order valence-corrected chi connectivity index (χ3v) is 9.83. The van der Waals surface area contributed by atoms with Crippen molar-refractivity contribution in [2.45, 2.75) is 68.3 Å². The van der Waals surface area contributed by atoms with Gasteiger partial charge in [-0.3, -0.25) is 14.4 Å². The van der Waals surface area contributed by atoms with Gasteiger partial charge in [-0.15, -0.1) is 0 Å². The molecule has 10 nitrogen and oxygen atoms in total. The smallest absolute Gasteiger partial charge is 0.244 e. The highest BCUT2D eigenvalue weighted by atomic mass is 32.2. The molecular weight excluding hydrogens is 494 g/mol. The van der Waals surface area contributed by atoms with Gasteiger partial charge < -0.3 is 21.3 Å². The minimum Gasteiger partial charge on any atom is -0.368 e. The summed E-state index contributed by atoms with van der Waals surface area (Å²) in [6, 6.07) is 6.18. The first-order chi connectivity index (χ1) is 17.8. The van der Waals surface area contributed by atoms with Crippen molar-refractivity contribution in [3.63, 3.8) is 0 Å². The molecule has 11 heteroatoms. The third kappa shape index (κ3) is 6.69. The molecular formula is C26H39N5O5S. The second-order valence-corrected chi connectivity index (χ2v) is 12.4. The Labute approximate surface area is 219 Å². The van der Waals surface area contributed by atoms with Crippen LogP contribution in [-0.2, 0) is 24.4 Å². The number of sulfonamides is 1. The molecule has 0 bridgehead atoms. The lowest BCUT2D eigenvalue weighted by Gasteiger charge is -2.42. The van der Waals surface area contributed by atoms with Gasteiger partial charge in [0, 0.05) is 25.6 Å². The zero-order valence-corrected chi connectivity index (χ0v) is 22.1. The summed E-state index contributed by atoms with van der Waals surface area (Å²) in [5, 5.41) is 6.03. The van der Waals surface area contributed by atoms with Gasteiger partial charge in [-0.05, 0) is 50.4 Å². The van der Waals surface area contributed by atoms with Crippen molar-refractivity contribution in [1.82, 2.24) is 19.8 Å². The summed E-state index contributed by atoms with van der Waals surface area (Å²) >= 11 is 0. The average molecular weight is 534 g/mol. The summed E-state index contributed by atoms with van der Waals surface area (Å²) in [4.78, 5) is 41.0. The van der Waals surface area contributed by atoms with Crippen molar-refractivity contribution in [1.29, 1.82) is 0 Å². The molecule has 2 heterocycles. The van der Waals surface area contributed by atoms with Crippen LogP contribution in [0.4, 0.5) is 0 Å². The number of piperazine rings is 1. The van der Waals surface area contributed by atoms with E-state index in [1.807, 2.05) is 0 Å². The molecule has 3 amide bonds. The first kappa shape index (κ1) is 27.5. The Morgan fingerprint density at radius 2 is 1.68 bits per heavy atom. The van der Waals surface area contributed by atoms with Crippen molar-refractivity contribution >= 4 is 27.7 Å². The van der Waals surface area contributed by atoms with Gasteiger partial charge in [0.1, 0.15) is 12.1 Å². The Morgan fingerprint density at radius 1 is 1.00 bits per heavy atom. The highest BCUT2D eigenvalue weighted by Gasteiger charge is 2.42. The van der Waals surface area contributed by atoms with Gasteiger partial charge in [0.15, 0.2) is 0 Å². The molecule has 37 heavy (non-hydrogen) atoms. The summed E-state index contributed by atoms with van der Waals surface area (Å²) in [6.07, 6.45) is 7.14. The van der Waals surface area contributed by atoms with Crippen molar-refractivity contribution in [2.75, 3.05) is 32.7 Å². The SMILES string of the molecule is NC(=O)[C@H](CC1CCCCC1)NC(=O)[C@@H]1CN(S(=O)(=O)c2ccccc2)CCN1C(=O)C1CCNCC1. The van der Waals surface area contributed by atoms with E-state index in [9.17, 15) is 22.8 Å². The fourth-order valence-electron chi connectivity index (χ4n) is 5.78. The maximum Gasteiger partial charge on any atom is 0.244 e. The fraction of sp³-hybridized carbons (Fsp3) is 0.654. The van der Waals surface area contributed by atoms with Crippen LogP contribution >= 0.6 is 0 Å². The van der Waals surface area contributed by atoms with Gasteiger partial charge >= 0.3 is 0 Å². The highest BCUT2D eigenvalue weighted by Crippen LogP contribution is 2.28. The summed E-state index contributed by atoms with van der Waals surface area (Å²) in [5.74, 6) is -1.20. The lowest BCUT2D eigenvalue weighted by Crippen LogP contribution is -2.64. The minimum absolute atomic E-state index is 0.0963. The van der Waals surface area contributed by atoms with Gasteiger partial charge in [-0.25, -0.2) is 8.42 Å². The Kier molecular flexibility index (Phi) is 9.20. The molecule has 3 fully saturated rings. The predicted molar refractivity (Wildman–Crippen MR) is 139 cm³/mol. The molecule has 1 aromatic carbocycles. The molecule has 3 aliphatic rings. The Morgan fingerprint density at radius 3 is 2.32 bits per heavy atom. The average Bonchev–Trinajstić information content (AvgIpc) is 2.93. The molecule has 1 aliphatic carbocycles. The van der Waals surface area contributed by atoms with Crippen LogP contribution in [0.5, 0.6) is 0 Å². The van der Waals surface area contributed by atoms with Gasteiger partial charge in [-0.2, -0.15) is 4.31 Å². The molecule has 1 aromatic rings. The van der Waals surface area contributed by atoms with E-state index < -0.39 is 33.9 Å². The van der Waals surface area contributed by atoms with E-state index in [0.717, 1.165) is 38.8 Å². The number of benzene rings is 1. The largest absolute Gasteiger partial charge is 0.368 e. The van der Waals surface area contributed by atoms with Gasteiger partial charge in [-0.1, -0.05) is 50.3 Å². The first-order valence-electron chi connectivity index (χ1n) is 13.4. The second kappa shape index (κ2) is 12.4. The van der Waals surface area contributed by atoms with Crippen molar-refractivity contribution in [2.24, 2.45) is 17.6 Å². The highest BCUT2D eigenvalue weighted by molar-refractivity contribution is 7.89. The number of nitrogens with one attached hydrogen (secondary N) is 2. The molecule has 0 radical (unpaired) electrons. The molecule has 2 saturated heterocycles. The zero-order valence-electron chi connectivity index (χ0n) is 21.3. The molecule has 2 atom stereocenters. The summed E-state index contributed by atoms with van der Waals surface area (Å²) in [7, 11) is -3.86. The van der Waals surface area contributed by atoms with Crippen LogP contribution in [0.2, 0.25) is 0 Å². The Bertz CT molecular complexity index is 1050. The molecule has 4 rings (SSSR count). The van der Waals surface area contributed by atoms with Crippen molar-refractivity contribution in [3.05, 3.63) is 30.3 Å². The number of nitrogens with zero attached hydrogens (tertiary/aromatic N) is 2. The molecule has 1 saturated carbocycles. The maximum atomic E-state index is 13.6. The molecule has 0 unspecified atom stereocenters. The van der Waals surface area contributed by atoms with E-state index in [0.29, 0.717) is 25.2 Å². The van der Waals surface area contributed by atoms with E-state index >= 15 is 0 Å². The normalized spacial score (nSPS) is 23.4. The van der Waals surface area contributed by atoms with Crippen LogP contribution in [0.25, 0.3) is 0 Å². The van der Waals surface area contributed by atoms with E-state index in [-0.39, 0.29) is 36.4 Å². The van der Waals surface area contributed by atoms with Crippen LogP contribution in [-0.4, -0.2) is 80.2 Å². The molecule has 204 valence electrons. The quantitative estimate of drug-likeness (QED) is 0.452. The summed E-state index contributed by atoms with van der Waals surface area (Å²) in [6.45, 7) is 1.48. The number of amides is 3. The van der Waals surface area contributed by atoms with E-state index in [1.54, 1.807) is 18.2 Å². The molecule has 0 aromatic heterocycles. The number of nitrogens with two attached hydrogens (primary N) is 1. The van der Waals surface area contributed by atoms with Crippen LogP contribution in [0.3, 0.4) is 0 Å². The molecule has 0 spiro atoms. The number of hydrogen-bond donors (Lipinski definition) is 3. The summed E-state index contributed by atoms with van der Waals surface area (Å²) < 4.78 is 27.9. The van der Waals surface area contributed by atoms with Gasteiger partial charge in [0.25, 0.3) is 0 Å². The minimum atomic E-state index is -3.86. The number of piperidine rings is 1. The number of rotatable bonds is 8. The summed E-state index contributed by atoms with van der Waals surface area (Å²) in [5.41, 5.74) is 5.67. The lowest BCUT2D eigenvalue weighted by molar-refractivity contribution is -0.147. The van der Waals surface area contributed by atoms with Crippen LogP contribution < -0.4 is 16.4 Å². The van der Waals surface area contributed by atoms with Crippen molar-refractivity contribution in [3.8, 4) is 0 Å². The van der Waals surface area contributed by atoms with E-state index in [2.05, 4.69) is 10.6 Å². The fourth-order valence-corrected chi connectivity index (χ4v) is 7.24. The molecule has 4 N–H and O–H groups in total. The van der Waals surface area contributed by atoms with Gasteiger partial charge in [0.2, 0.25) is 27.7 Å². The monoisotopic (exact) mass is 533 g/mol. The van der Waals surface area contributed by atoms with Gasteiger partial charge in [0.05, 0.1) is 4.90 Å². The zero-order chi connectivity index (χ0) is 26.4. The number of carbonyl (C=O) groups is 3. The maximum absolute atomic E-state index is 13.6. The van der Waals surface area contributed by atoms with E-state index in [1.165, 1.54) is 27.8 Å². The standard InChI is InChI=1S/C26H39N5O5S/c27-24(32)22(17-19-7-3-1-4-8-19)29-25(33)23-18-30(37(35,36)21-9-5-2-6-10-21)15-16-31(23)26(34)20-11-13-28-14-12-20/h2,5-6,9-10,19-20,22-23,28H,1,3-4,7-8,11-18H2,(H2,27,32)(H,29,33)/t22-,23-/m0/s1. The topological polar surface area (TPSA) is 142 Å². The number of hydrogen-bond acceptors (Lipinski definition) is 6. The van der Waals surface area contributed by atoms with Crippen LogP contribution in [0.1, 0.15) is 51.4 Å².